The maximum atomic E-state index is 12.2. The average molecular weight is 393 g/mol. The van der Waals surface area contributed by atoms with Crippen LogP contribution < -0.4 is 5.32 Å². The van der Waals surface area contributed by atoms with Gasteiger partial charge < -0.3 is 9.88 Å². The summed E-state index contributed by atoms with van der Waals surface area (Å²) in [6, 6.07) is 15.5. The normalized spacial score (nSPS) is 11.1. The summed E-state index contributed by atoms with van der Waals surface area (Å²) in [5.74, 6) is 0.921. The minimum Gasteiger partial charge on any atom is -0.325 e. The molecule has 0 fully saturated rings. The summed E-state index contributed by atoms with van der Waals surface area (Å²) < 4.78 is 3.66. The molecule has 0 saturated carbocycles. The molecule has 0 spiro atoms. The lowest BCUT2D eigenvalue weighted by Gasteiger charge is -2.06. The van der Waals surface area contributed by atoms with Gasteiger partial charge in [-0.15, -0.1) is 15.3 Å². The molecule has 0 saturated heterocycles. The van der Waals surface area contributed by atoms with E-state index in [2.05, 4.69) is 25.8 Å². The van der Waals surface area contributed by atoms with E-state index < -0.39 is 0 Å². The van der Waals surface area contributed by atoms with Crippen molar-refractivity contribution >= 4 is 34.4 Å². The number of nitrogens with zero attached hydrogens (tertiary/aromatic N) is 6. The van der Waals surface area contributed by atoms with Gasteiger partial charge in [-0.3, -0.25) is 4.79 Å². The highest BCUT2D eigenvalue weighted by Gasteiger charge is 2.14. The maximum absolute atomic E-state index is 12.2. The summed E-state index contributed by atoms with van der Waals surface area (Å²) >= 11 is 1.35. The van der Waals surface area contributed by atoms with E-state index in [9.17, 15) is 4.79 Å². The number of fused-ring (bicyclic) bond motifs is 1. The topological polar surface area (TPSA) is 90.5 Å². The smallest absolute Gasteiger partial charge is 0.234 e. The molecule has 4 rings (SSSR count). The number of hydrogen-bond donors (Lipinski definition) is 1. The van der Waals surface area contributed by atoms with Crippen LogP contribution in [-0.4, -0.2) is 41.4 Å². The van der Waals surface area contributed by atoms with Gasteiger partial charge in [0.05, 0.1) is 11.3 Å². The summed E-state index contributed by atoms with van der Waals surface area (Å²) in [5, 5.41) is 20.3. The quantitative estimate of drug-likeness (QED) is 0.507. The van der Waals surface area contributed by atoms with Gasteiger partial charge in [0.1, 0.15) is 12.1 Å². The predicted octanol–water partition coefficient (Wildman–Crippen LogP) is 2.65. The predicted molar refractivity (Wildman–Crippen MR) is 108 cm³/mol. The molecule has 0 aliphatic carbocycles. The van der Waals surface area contributed by atoms with Crippen LogP contribution in [0.4, 0.5) is 5.69 Å². The van der Waals surface area contributed by atoms with E-state index in [-0.39, 0.29) is 11.7 Å². The molecule has 0 aliphatic rings. The molecule has 0 radical (unpaired) electrons. The van der Waals surface area contributed by atoms with Gasteiger partial charge in [-0.1, -0.05) is 46.8 Å². The van der Waals surface area contributed by atoms with Gasteiger partial charge in [0.25, 0.3) is 0 Å². The zero-order valence-corrected chi connectivity index (χ0v) is 16.3. The molecule has 8 nitrogen and oxygen atoms in total. The van der Waals surface area contributed by atoms with Crippen LogP contribution in [0.2, 0.25) is 0 Å². The molecule has 4 aromatic rings. The molecule has 0 bridgehead atoms. The monoisotopic (exact) mass is 393 g/mol. The summed E-state index contributed by atoms with van der Waals surface area (Å²) in [4.78, 5) is 12.2. The molecule has 0 atom stereocenters. The first-order chi connectivity index (χ1) is 13.6. The molecule has 2 aromatic carbocycles. The third kappa shape index (κ3) is 3.89. The van der Waals surface area contributed by atoms with Crippen LogP contribution in [0.3, 0.4) is 0 Å². The second-order valence-electron chi connectivity index (χ2n) is 6.40. The van der Waals surface area contributed by atoms with Gasteiger partial charge in [0.15, 0.2) is 11.0 Å². The first kappa shape index (κ1) is 18.2. The fraction of sp³-hybridized carbons (Fsp3) is 0.211. The lowest BCUT2D eigenvalue weighted by Crippen LogP contribution is -2.14. The van der Waals surface area contributed by atoms with E-state index in [1.807, 2.05) is 67.1 Å². The van der Waals surface area contributed by atoms with Crippen LogP contribution in [-0.2, 0) is 18.4 Å². The van der Waals surface area contributed by atoms with E-state index in [1.165, 1.54) is 11.8 Å². The van der Waals surface area contributed by atoms with Gasteiger partial charge in [0.2, 0.25) is 5.91 Å². The van der Waals surface area contributed by atoms with Crippen molar-refractivity contribution < 1.29 is 4.79 Å². The highest BCUT2D eigenvalue weighted by Crippen LogP contribution is 2.18. The number of hydrogen-bond acceptors (Lipinski definition) is 6. The second kappa shape index (κ2) is 7.81. The molecular weight excluding hydrogens is 374 g/mol. The highest BCUT2D eigenvalue weighted by atomic mass is 32.2. The molecule has 2 heterocycles. The van der Waals surface area contributed by atoms with Crippen LogP contribution in [0.25, 0.3) is 11.0 Å². The number of para-hydroxylation sites is 1. The molecule has 142 valence electrons. The molecular formula is C19H19N7OS. The number of aryl methyl sites for hydroxylation is 1. The first-order valence-electron chi connectivity index (χ1n) is 8.76. The van der Waals surface area contributed by atoms with Crippen molar-refractivity contribution in [3.8, 4) is 0 Å². The van der Waals surface area contributed by atoms with E-state index in [1.54, 1.807) is 4.68 Å². The van der Waals surface area contributed by atoms with Crippen molar-refractivity contribution in [1.29, 1.82) is 0 Å². The van der Waals surface area contributed by atoms with Gasteiger partial charge in [0, 0.05) is 12.7 Å². The maximum Gasteiger partial charge on any atom is 0.234 e. The number of aromatic nitrogens is 6. The zero-order chi connectivity index (χ0) is 19.5. The second-order valence-corrected chi connectivity index (χ2v) is 7.34. The first-order valence-corrected chi connectivity index (χ1v) is 9.74. The number of nitrogens with one attached hydrogen (secondary N) is 1. The molecule has 2 aromatic heterocycles. The Hall–Kier alpha value is -3.20. The Balaban J connectivity index is 1.39. The SMILES string of the molecule is Cc1ccc(NC(=O)CSc2nnc(Cn3nnc4ccccc43)n2C)cc1. The van der Waals surface area contributed by atoms with Crippen molar-refractivity contribution in [1.82, 2.24) is 29.8 Å². The van der Waals surface area contributed by atoms with Crippen molar-refractivity contribution in [3.05, 3.63) is 59.9 Å². The summed E-state index contributed by atoms with van der Waals surface area (Å²) in [7, 11) is 1.88. The van der Waals surface area contributed by atoms with E-state index in [4.69, 9.17) is 0 Å². The van der Waals surface area contributed by atoms with E-state index >= 15 is 0 Å². The van der Waals surface area contributed by atoms with Crippen LogP contribution in [0, 0.1) is 6.92 Å². The van der Waals surface area contributed by atoms with Gasteiger partial charge in [-0.25, -0.2) is 4.68 Å². The third-order valence-corrected chi connectivity index (χ3v) is 5.32. The standard InChI is InChI=1S/C19H19N7OS/c1-13-7-9-14(10-8-13)20-18(27)12-28-19-23-22-17(25(19)2)11-26-16-6-4-3-5-15(16)21-24-26/h3-10H,11-12H2,1-2H3,(H,20,27). The largest absolute Gasteiger partial charge is 0.325 e. The Kier molecular flexibility index (Phi) is 5.07. The number of amides is 1. The van der Waals surface area contributed by atoms with Gasteiger partial charge >= 0.3 is 0 Å². The minimum absolute atomic E-state index is 0.0827. The lowest BCUT2D eigenvalue weighted by molar-refractivity contribution is -0.113. The summed E-state index contributed by atoms with van der Waals surface area (Å²) in [6.45, 7) is 2.47. The number of benzene rings is 2. The lowest BCUT2D eigenvalue weighted by atomic mass is 10.2. The van der Waals surface area contributed by atoms with Gasteiger partial charge in [-0.2, -0.15) is 0 Å². The summed E-state index contributed by atoms with van der Waals surface area (Å²) in [5.41, 5.74) is 3.72. The number of anilines is 1. The number of carbonyl (C=O) groups excluding carboxylic acids is 1. The Morgan fingerprint density at radius 1 is 1.07 bits per heavy atom. The Bertz CT molecular complexity index is 1120. The van der Waals surface area contributed by atoms with Crippen LogP contribution in [0.1, 0.15) is 11.4 Å². The fourth-order valence-electron chi connectivity index (χ4n) is 2.74. The molecule has 0 aliphatic heterocycles. The van der Waals surface area contributed by atoms with Crippen molar-refractivity contribution in [3.63, 3.8) is 0 Å². The van der Waals surface area contributed by atoms with Gasteiger partial charge in [-0.05, 0) is 31.2 Å². The van der Waals surface area contributed by atoms with Crippen molar-refractivity contribution in [2.75, 3.05) is 11.1 Å². The fourth-order valence-corrected chi connectivity index (χ4v) is 3.47. The molecule has 1 amide bonds. The number of carbonyl (C=O) groups is 1. The third-order valence-electron chi connectivity index (χ3n) is 4.30. The minimum atomic E-state index is -0.0827. The molecule has 0 unspecified atom stereocenters. The van der Waals surface area contributed by atoms with E-state index in [0.29, 0.717) is 11.7 Å². The molecule has 1 N–H and O–H groups in total. The van der Waals surface area contributed by atoms with Crippen molar-refractivity contribution in [2.24, 2.45) is 7.05 Å². The van der Waals surface area contributed by atoms with Crippen molar-refractivity contribution in [2.45, 2.75) is 18.6 Å². The van der Waals surface area contributed by atoms with E-state index in [0.717, 1.165) is 28.1 Å². The Morgan fingerprint density at radius 2 is 1.86 bits per heavy atom. The number of rotatable bonds is 6. The highest BCUT2D eigenvalue weighted by molar-refractivity contribution is 7.99. The zero-order valence-electron chi connectivity index (χ0n) is 15.5. The molecule has 28 heavy (non-hydrogen) atoms. The Morgan fingerprint density at radius 3 is 2.68 bits per heavy atom. The average Bonchev–Trinajstić information content (AvgIpc) is 3.27. The number of thioether (sulfide) groups is 1. The van der Waals surface area contributed by atoms with Crippen LogP contribution >= 0.6 is 11.8 Å². The van der Waals surface area contributed by atoms with Crippen LogP contribution in [0.5, 0.6) is 0 Å². The molecule has 9 heteroatoms. The Labute approximate surface area is 166 Å². The summed E-state index contributed by atoms with van der Waals surface area (Å²) in [6.07, 6.45) is 0. The van der Waals surface area contributed by atoms with Crippen LogP contribution in [0.15, 0.2) is 53.7 Å².